The lowest BCUT2D eigenvalue weighted by Gasteiger charge is -2.24. The number of hydrogen-bond acceptors (Lipinski definition) is 3. The van der Waals surface area contributed by atoms with Gasteiger partial charge in [0, 0.05) is 0 Å². The van der Waals surface area contributed by atoms with Gasteiger partial charge in [-0.2, -0.15) is 0 Å². The molecule has 1 unspecified atom stereocenters. The van der Waals surface area contributed by atoms with Crippen LogP contribution in [0.3, 0.4) is 0 Å². The van der Waals surface area contributed by atoms with Crippen molar-refractivity contribution in [2.45, 2.75) is 25.9 Å². The molecule has 0 amide bonds. The van der Waals surface area contributed by atoms with E-state index in [1.807, 2.05) is 0 Å². The van der Waals surface area contributed by atoms with Crippen LogP contribution in [0.15, 0.2) is 18.2 Å². The van der Waals surface area contributed by atoms with Crippen LogP contribution in [0.5, 0.6) is 5.75 Å². The van der Waals surface area contributed by atoms with E-state index in [1.54, 1.807) is 13.0 Å². The summed E-state index contributed by atoms with van der Waals surface area (Å²) in [7, 11) is 0. The smallest absolute Gasteiger partial charge is 0.347 e. The summed E-state index contributed by atoms with van der Waals surface area (Å²) in [4.78, 5) is 11.5. The minimum atomic E-state index is -0.557. The van der Waals surface area contributed by atoms with Crippen LogP contribution in [-0.4, -0.2) is 18.7 Å². The Balaban J connectivity index is 2.12. The van der Waals surface area contributed by atoms with Gasteiger partial charge in [-0.1, -0.05) is 0 Å². The SMILES string of the molecule is CCOC(=O)C1CCc2cc(F)ccc2O1. The molecule has 0 aliphatic carbocycles. The first-order valence-corrected chi connectivity index (χ1v) is 5.32. The van der Waals surface area contributed by atoms with Crippen molar-refractivity contribution >= 4 is 5.97 Å². The summed E-state index contributed by atoms with van der Waals surface area (Å²) in [5.41, 5.74) is 0.806. The second-order valence-electron chi connectivity index (χ2n) is 3.65. The molecule has 1 aliphatic rings. The number of fused-ring (bicyclic) bond motifs is 1. The summed E-state index contributed by atoms with van der Waals surface area (Å²) in [6, 6.07) is 4.32. The Morgan fingerprint density at radius 3 is 3.19 bits per heavy atom. The molecule has 0 spiro atoms. The maximum Gasteiger partial charge on any atom is 0.347 e. The molecule has 0 saturated heterocycles. The summed E-state index contributed by atoms with van der Waals surface area (Å²) < 4.78 is 23.3. The van der Waals surface area contributed by atoms with Crippen LogP contribution in [0.1, 0.15) is 18.9 Å². The predicted molar refractivity (Wildman–Crippen MR) is 55.8 cm³/mol. The topological polar surface area (TPSA) is 35.5 Å². The zero-order valence-corrected chi connectivity index (χ0v) is 9.03. The molecule has 0 N–H and O–H groups in total. The average Bonchev–Trinajstić information content (AvgIpc) is 2.28. The van der Waals surface area contributed by atoms with Crippen LogP contribution in [-0.2, 0) is 16.0 Å². The van der Waals surface area contributed by atoms with E-state index in [2.05, 4.69) is 0 Å². The number of benzene rings is 1. The number of rotatable bonds is 2. The highest BCUT2D eigenvalue weighted by molar-refractivity contribution is 5.75. The molecule has 1 aromatic carbocycles. The van der Waals surface area contributed by atoms with Crippen LogP contribution in [0, 0.1) is 5.82 Å². The Labute approximate surface area is 93.2 Å². The lowest BCUT2D eigenvalue weighted by atomic mass is 10.0. The van der Waals surface area contributed by atoms with Gasteiger partial charge < -0.3 is 9.47 Å². The van der Waals surface area contributed by atoms with Crippen molar-refractivity contribution in [3.63, 3.8) is 0 Å². The summed E-state index contributed by atoms with van der Waals surface area (Å²) in [5, 5.41) is 0. The Morgan fingerprint density at radius 1 is 1.62 bits per heavy atom. The van der Waals surface area contributed by atoms with Gasteiger partial charge in [0.25, 0.3) is 0 Å². The monoisotopic (exact) mass is 224 g/mol. The highest BCUT2D eigenvalue weighted by Crippen LogP contribution is 2.28. The zero-order valence-electron chi connectivity index (χ0n) is 9.03. The zero-order chi connectivity index (χ0) is 11.5. The maximum atomic E-state index is 12.9. The van der Waals surface area contributed by atoms with E-state index < -0.39 is 6.10 Å². The van der Waals surface area contributed by atoms with Gasteiger partial charge in [-0.25, -0.2) is 9.18 Å². The molecule has 3 nitrogen and oxygen atoms in total. The number of carbonyl (C=O) groups excluding carboxylic acids is 1. The van der Waals surface area contributed by atoms with Crippen molar-refractivity contribution in [1.29, 1.82) is 0 Å². The van der Waals surface area contributed by atoms with Gasteiger partial charge in [0.05, 0.1) is 6.61 Å². The molecular formula is C12H13FO3. The summed E-state index contributed by atoms with van der Waals surface area (Å²) in [6.07, 6.45) is 0.615. The third-order valence-electron chi connectivity index (χ3n) is 2.52. The van der Waals surface area contributed by atoms with E-state index in [0.717, 1.165) is 5.56 Å². The number of aryl methyl sites for hydroxylation is 1. The van der Waals surface area contributed by atoms with Crippen molar-refractivity contribution in [3.05, 3.63) is 29.6 Å². The lowest BCUT2D eigenvalue weighted by molar-refractivity contribution is -0.152. The van der Waals surface area contributed by atoms with Crippen molar-refractivity contribution in [3.8, 4) is 5.75 Å². The molecule has 16 heavy (non-hydrogen) atoms. The fourth-order valence-electron chi connectivity index (χ4n) is 1.76. The minimum absolute atomic E-state index is 0.281. The second kappa shape index (κ2) is 4.51. The molecule has 4 heteroatoms. The lowest BCUT2D eigenvalue weighted by Crippen LogP contribution is -2.32. The van der Waals surface area contributed by atoms with Crippen molar-refractivity contribution in [2.75, 3.05) is 6.61 Å². The van der Waals surface area contributed by atoms with E-state index in [4.69, 9.17) is 9.47 Å². The fraction of sp³-hybridized carbons (Fsp3) is 0.417. The van der Waals surface area contributed by atoms with Gasteiger partial charge in [-0.05, 0) is 43.5 Å². The Bertz CT molecular complexity index is 403. The first kappa shape index (κ1) is 10.9. The number of esters is 1. The van der Waals surface area contributed by atoms with Crippen LogP contribution in [0.25, 0.3) is 0 Å². The molecule has 0 radical (unpaired) electrons. The van der Waals surface area contributed by atoms with Crippen LogP contribution < -0.4 is 4.74 Å². The number of halogens is 1. The average molecular weight is 224 g/mol. The Morgan fingerprint density at radius 2 is 2.44 bits per heavy atom. The first-order chi connectivity index (χ1) is 7.70. The van der Waals surface area contributed by atoms with E-state index in [1.165, 1.54) is 12.1 Å². The number of carbonyl (C=O) groups is 1. The molecule has 1 aliphatic heterocycles. The molecule has 86 valence electrons. The molecule has 1 aromatic rings. The maximum absolute atomic E-state index is 12.9. The summed E-state index contributed by atoms with van der Waals surface area (Å²) >= 11 is 0. The largest absolute Gasteiger partial charge is 0.478 e. The Kier molecular flexibility index (Phi) is 3.08. The molecule has 0 saturated carbocycles. The summed E-state index contributed by atoms with van der Waals surface area (Å²) in [6.45, 7) is 2.10. The van der Waals surface area contributed by atoms with Crippen LogP contribution >= 0.6 is 0 Å². The summed E-state index contributed by atoms with van der Waals surface area (Å²) in [5.74, 6) is -0.0555. The second-order valence-corrected chi connectivity index (χ2v) is 3.65. The molecule has 0 fully saturated rings. The van der Waals surface area contributed by atoms with Gasteiger partial charge >= 0.3 is 5.97 Å². The third kappa shape index (κ3) is 2.15. The van der Waals surface area contributed by atoms with Gasteiger partial charge in [0.15, 0.2) is 6.10 Å². The van der Waals surface area contributed by atoms with Crippen LogP contribution in [0.2, 0.25) is 0 Å². The van der Waals surface area contributed by atoms with Gasteiger partial charge in [-0.15, -0.1) is 0 Å². The van der Waals surface area contributed by atoms with Crippen molar-refractivity contribution < 1.29 is 18.7 Å². The van der Waals surface area contributed by atoms with E-state index >= 15 is 0 Å². The first-order valence-electron chi connectivity index (χ1n) is 5.32. The standard InChI is InChI=1S/C12H13FO3/c1-2-15-12(14)11-5-3-8-7-9(13)4-6-10(8)16-11/h4,6-7,11H,2-3,5H2,1H3. The molecule has 1 atom stereocenters. The van der Waals surface area contributed by atoms with Gasteiger partial charge in [0.1, 0.15) is 11.6 Å². The molecule has 1 heterocycles. The molecular weight excluding hydrogens is 211 g/mol. The van der Waals surface area contributed by atoms with Gasteiger partial charge in [-0.3, -0.25) is 0 Å². The van der Waals surface area contributed by atoms with Gasteiger partial charge in [0.2, 0.25) is 0 Å². The Hall–Kier alpha value is -1.58. The highest BCUT2D eigenvalue weighted by atomic mass is 19.1. The third-order valence-corrected chi connectivity index (χ3v) is 2.52. The normalized spacial score (nSPS) is 18.5. The van der Waals surface area contributed by atoms with Crippen molar-refractivity contribution in [1.82, 2.24) is 0 Å². The quantitative estimate of drug-likeness (QED) is 0.721. The molecule has 0 bridgehead atoms. The van der Waals surface area contributed by atoms with Crippen molar-refractivity contribution in [2.24, 2.45) is 0 Å². The predicted octanol–water partition coefficient (Wildman–Crippen LogP) is 2.08. The van der Waals surface area contributed by atoms with E-state index in [-0.39, 0.29) is 11.8 Å². The molecule has 2 rings (SSSR count). The minimum Gasteiger partial charge on any atom is -0.478 e. The number of hydrogen-bond donors (Lipinski definition) is 0. The number of ether oxygens (including phenoxy) is 2. The van der Waals surface area contributed by atoms with E-state index in [0.29, 0.717) is 25.2 Å². The van der Waals surface area contributed by atoms with Crippen LogP contribution in [0.4, 0.5) is 4.39 Å². The van der Waals surface area contributed by atoms with E-state index in [9.17, 15) is 9.18 Å². The highest BCUT2D eigenvalue weighted by Gasteiger charge is 2.27. The fourth-order valence-corrected chi connectivity index (χ4v) is 1.76. The molecule has 0 aromatic heterocycles.